The second-order valence-corrected chi connectivity index (χ2v) is 19.0. The number of hydrogen-bond acceptors (Lipinski definition) is 2. The molecule has 0 radical (unpaired) electrons. The summed E-state index contributed by atoms with van der Waals surface area (Å²) in [6, 6.07) is 41.7. The standard InChI is InChI=1S/C55H64Br2N2/c1-5-7-9-11-13-15-37-55(38-16-14-12-10-8-6-2)53-39-49(58(45-25-17-41(3)18-26-45)47-29-21-43(56)22-30-47)33-35-51(53)52-36-34-50(40-54(52)55)59(46-27-19-42(4)20-28-46)48-31-23-44(57)24-32-48/h17-19,21-27,29-36,39-40H,5-16,20,28,37-38H2,1-4H3. The maximum absolute atomic E-state index is 3.72. The third-order valence-corrected chi connectivity index (χ3v) is 13.9. The van der Waals surface area contributed by atoms with Crippen LogP contribution in [0.25, 0.3) is 11.1 Å². The van der Waals surface area contributed by atoms with Crippen molar-refractivity contribution in [3.05, 3.63) is 158 Å². The van der Waals surface area contributed by atoms with Crippen molar-refractivity contribution >= 4 is 60.3 Å². The molecule has 0 amide bonds. The highest BCUT2D eigenvalue weighted by Gasteiger charge is 2.43. The molecule has 0 unspecified atom stereocenters. The van der Waals surface area contributed by atoms with Crippen LogP contribution in [-0.4, -0.2) is 0 Å². The summed E-state index contributed by atoms with van der Waals surface area (Å²) in [5, 5.41) is 0. The van der Waals surface area contributed by atoms with Crippen LogP contribution in [0.2, 0.25) is 0 Å². The Morgan fingerprint density at radius 2 is 0.881 bits per heavy atom. The quantitative estimate of drug-likeness (QED) is 0.0718. The summed E-state index contributed by atoms with van der Waals surface area (Å²) in [4.78, 5) is 5.00. The van der Waals surface area contributed by atoms with E-state index in [1.54, 1.807) is 0 Å². The van der Waals surface area contributed by atoms with Gasteiger partial charge < -0.3 is 9.80 Å². The Bertz CT molecular complexity index is 2130. The van der Waals surface area contributed by atoms with Gasteiger partial charge in [-0.15, -0.1) is 0 Å². The van der Waals surface area contributed by atoms with Gasteiger partial charge in [-0.2, -0.15) is 0 Å². The summed E-state index contributed by atoms with van der Waals surface area (Å²) in [5.74, 6) is 0. The minimum absolute atomic E-state index is 0.0757. The van der Waals surface area contributed by atoms with Gasteiger partial charge in [-0.1, -0.05) is 164 Å². The van der Waals surface area contributed by atoms with Crippen molar-refractivity contribution in [3.63, 3.8) is 0 Å². The predicted molar refractivity (Wildman–Crippen MR) is 263 cm³/mol. The number of halogens is 2. The van der Waals surface area contributed by atoms with Gasteiger partial charge >= 0.3 is 0 Å². The van der Waals surface area contributed by atoms with Crippen molar-refractivity contribution in [1.29, 1.82) is 0 Å². The molecule has 0 fully saturated rings. The van der Waals surface area contributed by atoms with Gasteiger partial charge in [0.15, 0.2) is 0 Å². The van der Waals surface area contributed by atoms with E-state index in [-0.39, 0.29) is 5.41 Å². The van der Waals surface area contributed by atoms with E-state index in [2.05, 4.69) is 191 Å². The lowest BCUT2D eigenvalue weighted by Gasteiger charge is -2.35. The van der Waals surface area contributed by atoms with Crippen LogP contribution in [0.1, 0.15) is 140 Å². The topological polar surface area (TPSA) is 6.48 Å². The van der Waals surface area contributed by atoms with Crippen LogP contribution in [0.3, 0.4) is 0 Å². The number of hydrogen-bond donors (Lipinski definition) is 0. The molecule has 0 spiro atoms. The molecule has 0 bridgehead atoms. The van der Waals surface area contributed by atoms with E-state index in [1.165, 1.54) is 157 Å². The average Bonchev–Trinajstić information content (AvgIpc) is 3.51. The molecule has 0 aromatic heterocycles. The maximum Gasteiger partial charge on any atom is 0.0465 e. The van der Waals surface area contributed by atoms with Crippen LogP contribution < -0.4 is 9.80 Å². The number of benzene rings is 5. The van der Waals surface area contributed by atoms with Crippen molar-refractivity contribution < 1.29 is 0 Å². The molecule has 2 nitrogen and oxygen atoms in total. The van der Waals surface area contributed by atoms with Crippen molar-refractivity contribution in [1.82, 2.24) is 0 Å². The number of anilines is 5. The monoisotopic (exact) mass is 910 g/mol. The predicted octanol–water partition coefficient (Wildman–Crippen LogP) is 18.5. The third kappa shape index (κ3) is 10.2. The number of nitrogens with zero attached hydrogens (tertiary/aromatic N) is 2. The Kier molecular flexibility index (Phi) is 15.1. The highest BCUT2D eigenvalue weighted by Crippen LogP contribution is 2.57. The minimum Gasteiger partial charge on any atom is -0.314 e. The molecule has 2 aliphatic carbocycles. The second kappa shape index (κ2) is 20.6. The fraction of sp³-hybridized carbons (Fsp3) is 0.382. The van der Waals surface area contributed by atoms with Gasteiger partial charge in [-0.05, 0) is 153 Å². The fourth-order valence-corrected chi connectivity index (χ4v) is 10.1. The van der Waals surface area contributed by atoms with Crippen molar-refractivity contribution in [2.45, 2.75) is 136 Å². The smallest absolute Gasteiger partial charge is 0.0465 e. The van der Waals surface area contributed by atoms with Gasteiger partial charge in [0.25, 0.3) is 0 Å². The lowest BCUT2D eigenvalue weighted by Crippen LogP contribution is -2.26. The van der Waals surface area contributed by atoms with Crippen LogP contribution in [0.5, 0.6) is 0 Å². The normalized spacial score (nSPS) is 14.1. The lowest BCUT2D eigenvalue weighted by molar-refractivity contribution is 0.398. The van der Waals surface area contributed by atoms with Gasteiger partial charge in [-0.25, -0.2) is 0 Å². The number of rotatable bonds is 20. The van der Waals surface area contributed by atoms with Crippen molar-refractivity contribution in [2.24, 2.45) is 0 Å². The van der Waals surface area contributed by atoms with E-state index in [0.717, 1.165) is 21.8 Å². The van der Waals surface area contributed by atoms with Crippen LogP contribution in [0, 0.1) is 6.92 Å². The van der Waals surface area contributed by atoms with E-state index in [9.17, 15) is 0 Å². The van der Waals surface area contributed by atoms with E-state index in [0.29, 0.717) is 0 Å². The minimum atomic E-state index is -0.0757. The molecule has 5 aromatic rings. The first-order valence-corrected chi connectivity index (χ1v) is 24.2. The number of allylic oxidation sites excluding steroid dienone is 4. The zero-order chi connectivity index (χ0) is 41.2. The largest absolute Gasteiger partial charge is 0.314 e. The number of fused-ring (bicyclic) bond motifs is 3. The molecule has 0 saturated carbocycles. The van der Waals surface area contributed by atoms with Gasteiger partial charge in [0, 0.05) is 48.5 Å². The molecule has 308 valence electrons. The molecule has 59 heavy (non-hydrogen) atoms. The van der Waals surface area contributed by atoms with Gasteiger partial charge in [0.1, 0.15) is 0 Å². The van der Waals surface area contributed by atoms with E-state index in [1.807, 2.05) is 0 Å². The molecule has 0 atom stereocenters. The van der Waals surface area contributed by atoms with E-state index < -0.39 is 0 Å². The molecule has 7 rings (SSSR count). The van der Waals surface area contributed by atoms with Gasteiger partial charge in [-0.3, -0.25) is 0 Å². The molecule has 5 aromatic carbocycles. The first-order chi connectivity index (χ1) is 28.8. The molecular weight excluding hydrogens is 848 g/mol. The summed E-state index contributed by atoms with van der Waals surface area (Å²) in [5.41, 5.74) is 15.9. The van der Waals surface area contributed by atoms with Gasteiger partial charge in [0.2, 0.25) is 0 Å². The Balaban J connectivity index is 1.39. The summed E-state index contributed by atoms with van der Waals surface area (Å²) < 4.78 is 2.20. The highest BCUT2D eigenvalue weighted by atomic mass is 79.9. The van der Waals surface area contributed by atoms with Crippen molar-refractivity contribution in [3.8, 4) is 11.1 Å². The molecule has 0 N–H and O–H groups in total. The second-order valence-electron chi connectivity index (χ2n) is 17.2. The number of unbranched alkanes of at least 4 members (excludes halogenated alkanes) is 10. The maximum atomic E-state index is 3.72. The third-order valence-electron chi connectivity index (χ3n) is 12.8. The zero-order valence-electron chi connectivity index (χ0n) is 36.0. The molecular formula is C55H64Br2N2. The zero-order valence-corrected chi connectivity index (χ0v) is 39.2. The van der Waals surface area contributed by atoms with Crippen molar-refractivity contribution in [2.75, 3.05) is 9.80 Å². The Morgan fingerprint density at radius 3 is 1.36 bits per heavy atom. The summed E-state index contributed by atoms with van der Waals surface area (Å²) >= 11 is 7.43. The Labute approximate surface area is 373 Å². The summed E-state index contributed by atoms with van der Waals surface area (Å²) in [6.07, 6.45) is 24.8. The Morgan fingerprint density at radius 1 is 0.458 bits per heavy atom. The Hall–Kier alpha value is -3.86. The number of aryl methyl sites for hydroxylation is 1. The first kappa shape index (κ1) is 43.2. The van der Waals surface area contributed by atoms with Crippen LogP contribution in [0.4, 0.5) is 28.4 Å². The van der Waals surface area contributed by atoms with E-state index in [4.69, 9.17) is 0 Å². The van der Waals surface area contributed by atoms with Crippen LogP contribution >= 0.6 is 31.9 Å². The molecule has 0 aliphatic heterocycles. The summed E-state index contributed by atoms with van der Waals surface area (Å²) in [7, 11) is 0. The van der Waals surface area contributed by atoms with E-state index >= 15 is 0 Å². The molecule has 0 heterocycles. The van der Waals surface area contributed by atoms with Gasteiger partial charge in [0.05, 0.1) is 0 Å². The summed E-state index contributed by atoms with van der Waals surface area (Å²) in [6.45, 7) is 9.08. The SMILES string of the molecule is CCCCCCCCC1(CCCCCCCC)c2cc(N(C3=CC=C(C)CC3)c3ccc(Br)cc3)ccc2-c2ccc(N(c3ccc(C)cc3)c3ccc(Br)cc3)cc21. The lowest BCUT2D eigenvalue weighted by atomic mass is 9.70. The molecule has 2 aliphatic rings. The average molecular weight is 913 g/mol. The molecule has 4 heteroatoms. The van der Waals surface area contributed by atoms with Crippen LogP contribution in [-0.2, 0) is 5.41 Å². The van der Waals surface area contributed by atoms with Crippen LogP contribution in [0.15, 0.2) is 142 Å². The first-order valence-electron chi connectivity index (χ1n) is 22.6. The highest BCUT2D eigenvalue weighted by molar-refractivity contribution is 9.10. The molecule has 0 saturated heterocycles. The fourth-order valence-electron chi connectivity index (χ4n) is 9.55.